The van der Waals surface area contributed by atoms with Gasteiger partial charge >= 0.3 is 6.36 Å². The second-order valence-corrected chi connectivity index (χ2v) is 7.67. The maximum absolute atomic E-state index is 12.7. The molecule has 168 valence electrons. The van der Waals surface area contributed by atoms with Crippen LogP contribution in [0.3, 0.4) is 0 Å². The van der Waals surface area contributed by atoms with Gasteiger partial charge in [0.25, 0.3) is 0 Å². The summed E-state index contributed by atoms with van der Waals surface area (Å²) in [6.07, 6.45) is 0.925. The van der Waals surface area contributed by atoms with Crippen molar-refractivity contribution < 1.29 is 17.9 Å². The number of nitrogens with zero attached hydrogens (tertiary/aromatic N) is 5. The quantitative estimate of drug-likeness (QED) is 0.652. The van der Waals surface area contributed by atoms with E-state index < -0.39 is 11.9 Å². The average molecular weight is 452 g/mol. The van der Waals surface area contributed by atoms with Crippen LogP contribution >= 0.6 is 0 Å². The van der Waals surface area contributed by atoms with Gasteiger partial charge in [-0.25, -0.2) is 15.0 Å². The fourth-order valence-electron chi connectivity index (χ4n) is 4.24. The Hall–Kier alpha value is -3.95. The first-order valence-corrected chi connectivity index (χ1v) is 10.3. The standard InChI is InChI=1S/C23H19F3N6O/c24-23(25,26)33-19-7-5-17(6-8-19)22(20-30-9-2-10-32(20)21(27)31-22)18-4-1-3-15(11-18)16-12-28-14-29-13-16/h1,3-8,11-14H,2,9-10H2,(H2,27,31)/t22-/m0/s1. The molecule has 33 heavy (non-hydrogen) atoms. The second-order valence-electron chi connectivity index (χ2n) is 7.67. The lowest BCUT2D eigenvalue weighted by Gasteiger charge is -2.33. The van der Waals surface area contributed by atoms with Crippen LogP contribution in [-0.4, -0.2) is 46.1 Å². The van der Waals surface area contributed by atoms with E-state index in [0.29, 0.717) is 30.4 Å². The van der Waals surface area contributed by atoms with Gasteiger partial charge < -0.3 is 10.5 Å². The van der Waals surface area contributed by atoms with Crippen molar-refractivity contribution in [2.75, 3.05) is 13.1 Å². The maximum atomic E-state index is 12.7. The molecule has 2 N–H and O–H groups in total. The van der Waals surface area contributed by atoms with Gasteiger partial charge in [-0.15, -0.1) is 13.2 Å². The van der Waals surface area contributed by atoms with Gasteiger partial charge in [-0.3, -0.25) is 9.89 Å². The summed E-state index contributed by atoms with van der Waals surface area (Å²) in [7, 11) is 0. The van der Waals surface area contributed by atoms with Gasteiger partial charge in [0.15, 0.2) is 11.5 Å². The monoisotopic (exact) mass is 452 g/mol. The summed E-state index contributed by atoms with van der Waals surface area (Å²) in [4.78, 5) is 19.6. The first-order chi connectivity index (χ1) is 15.9. The van der Waals surface area contributed by atoms with Crippen LogP contribution in [0.5, 0.6) is 5.75 Å². The van der Waals surface area contributed by atoms with Gasteiger partial charge in [-0.05, 0) is 41.3 Å². The molecule has 0 aliphatic carbocycles. The van der Waals surface area contributed by atoms with E-state index >= 15 is 0 Å². The Labute approximate surface area is 187 Å². The fraction of sp³-hybridized carbons (Fsp3) is 0.217. The van der Waals surface area contributed by atoms with Crippen LogP contribution in [0.25, 0.3) is 11.1 Å². The molecule has 1 atom stereocenters. The molecule has 0 fully saturated rings. The minimum atomic E-state index is -4.77. The van der Waals surface area contributed by atoms with E-state index in [1.54, 1.807) is 24.5 Å². The molecule has 7 nitrogen and oxygen atoms in total. The van der Waals surface area contributed by atoms with E-state index in [9.17, 15) is 13.2 Å². The smallest absolute Gasteiger partial charge is 0.406 e. The van der Waals surface area contributed by atoms with Crippen molar-refractivity contribution in [2.24, 2.45) is 15.7 Å². The summed E-state index contributed by atoms with van der Waals surface area (Å²) in [6.45, 7) is 1.27. The van der Waals surface area contributed by atoms with Crippen LogP contribution in [0.1, 0.15) is 17.5 Å². The number of amidine groups is 1. The summed E-state index contributed by atoms with van der Waals surface area (Å²) in [5.41, 5.74) is 8.29. The molecule has 5 rings (SSSR count). The molecule has 0 saturated heterocycles. The average Bonchev–Trinajstić information content (AvgIpc) is 3.13. The third-order valence-electron chi connectivity index (χ3n) is 5.62. The predicted octanol–water partition coefficient (Wildman–Crippen LogP) is 3.72. The number of aliphatic imine (C=N–C) groups is 2. The Morgan fingerprint density at radius 3 is 2.45 bits per heavy atom. The summed E-state index contributed by atoms with van der Waals surface area (Å²) >= 11 is 0. The van der Waals surface area contributed by atoms with Crippen LogP contribution in [-0.2, 0) is 5.54 Å². The maximum Gasteiger partial charge on any atom is 0.573 e. The Morgan fingerprint density at radius 2 is 1.73 bits per heavy atom. The first kappa shape index (κ1) is 20.9. The molecule has 0 bridgehead atoms. The molecule has 0 saturated carbocycles. The van der Waals surface area contributed by atoms with E-state index in [-0.39, 0.29) is 5.75 Å². The Morgan fingerprint density at radius 1 is 0.970 bits per heavy atom. The summed E-state index contributed by atoms with van der Waals surface area (Å²) in [6, 6.07) is 13.4. The van der Waals surface area contributed by atoms with Gasteiger partial charge in [0, 0.05) is 31.0 Å². The van der Waals surface area contributed by atoms with E-state index in [1.165, 1.54) is 18.5 Å². The number of fused-ring (bicyclic) bond motifs is 1. The van der Waals surface area contributed by atoms with Crippen LogP contribution in [0.2, 0.25) is 0 Å². The highest BCUT2D eigenvalue weighted by Gasteiger charge is 2.49. The normalized spacial score (nSPS) is 20.2. The summed E-state index contributed by atoms with van der Waals surface area (Å²) in [5, 5.41) is 0. The number of guanidine groups is 1. The summed E-state index contributed by atoms with van der Waals surface area (Å²) < 4.78 is 42.0. The number of halogens is 3. The number of rotatable bonds is 4. The summed E-state index contributed by atoms with van der Waals surface area (Å²) in [5.74, 6) is 0.656. The van der Waals surface area contributed by atoms with E-state index in [2.05, 4.69) is 14.7 Å². The molecule has 3 heterocycles. The number of alkyl halides is 3. The SMILES string of the molecule is NC1=N[C@@](c2ccc(OC(F)(F)F)cc2)(c2cccc(-c3cncnc3)c2)C2=NCCCN12. The van der Waals surface area contributed by atoms with E-state index in [1.807, 2.05) is 29.2 Å². The molecule has 1 aromatic heterocycles. The van der Waals surface area contributed by atoms with Gasteiger partial charge in [0.2, 0.25) is 0 Å². The highest BCUT2D eigenvalue weighted by molar-refractivity contribution is 6.12. The number of benzene rings is 2. The molecular formula is C23H19F3N6O. The topological polar surface area (TPSA) is 89.0 Å². The van der Waals surface area contributed by atoms with Gasteiger partial charge in [0.05, 0.1) is 0 Å². The Balaban J connectivity index is 1.67. The van der Waals surface area contributed by atoms with Gasteiger partial charge in [0.1, 0.15) is 17.9 Å². The van der Waals surface area contributed by atoms with Gasteiger partial charge in [-0.1, -0.05) is 30.3 Å². The lowest BCUT2D eigenvalue weighted by atomic mass is 9.81. The zero-order valence-corrected chi connectivity index (χ0v) is 17.3. The lowest BCUT2D eigenvalue weighted by molar-refractivity contribution is -0.274. The molecule has 10 heteroatoms. The van der Waals surface area contributed by atoms with E-state index in [0.717, 1.165) is 23.1 Å². The van der Waals surface area contributed by atoms with Crippen LogP contribution in [0.4, 0.5) is 13.2 Å². The number of aromatic nitrogens is 2. The first-order valence-electron chi connectivity index (χ1n) is 10.3. The van der Waals surface area contributed by atoms with Crippen molar-refractivity contribution in [2.45, 2.75) is 18.3 Å². The van der Waals surface area contributed by atoms with E-state index in [4.69, 9.17) is 15.7 Å². The molecule has 3 aromatic rings. The third kappa shape index (κ3) is 3.77. The van der Waals surface area contributed by atoms with Crippen LogP contribution < -0.4 is 10.5 Å². The molecule has 2 aliphatic rings. The second kappa shape index (κ2) is 7.88. The van der Waals surface area contributed by atoms with Crippen molar-refractivity contribution in [1.29, 1.82) is 0 Å². The molecule has 0 radical (unpaired) electrons. The zero-order valence-electron chi connectivity index (χ0n) is 17.3. The van der Waals surface area contributed by atoms with Crippen molar-refractivity contribution >= 4 is 11.8 Å². The zero-order chi connectivity index (χ0) is 23.1. The number of hydrogen-bond donors (Lipinski definition) is 1. The number of hydrogen-bond acceptors (Lipinski definition) is 7. The highest BCUT2D eigenvalue weighted by Crippen LogP contribution is 2.43. The van der Waals surface area contributed by atoms with Crippen LogP contribution in [0.15, 0.2) is 77.2 Å². The number of nitrogens with two attached hydrogens (primary N) is 1. The Bertz CT molecular complexity index is 1230. The van der Waals surface area contributed by atoms with Crippen molar-refractivity contribution in [3.8, 4) is 16.9 Å². The van der Waals surface area contributed by atoms with Crippen molar-refractivity contribution in [1.82, 2.24) is 14.9 Å². The van der Waals surface area contributed by atoms with Crippen molar-refractivity contribution in [3.05, 3.63) is 78.4 Å². The predicted molar refractivity (Wildman–Crippen MR) is 117 cm³/mol. The molecule has 0 unspecified atom stereocenters. The van der Waals surface area contributed by atoms with Crippen LogP contribution in [0, 0.1) is 0 Å². The molecule has 2 aromatic carbocycles. The third-order valence-corrected chi connectivity index (χ3v) is 5.62. The minimum Gasteiger partial charge on any atom is -0.406 e. The fourth-order valence-corrected chi connectivity index (χ4v) is 4.24. The number of ether oxygens (including phenoxy) is 1. The molecule has 0 amide bonds. The lowest BCUT2D eigenvalue weighted by Crippen LogP contribution is -2.46. The highest BCUT2D eigenvalue weighted by atomic mass is 19.4. The van der Waals surface area contributed by atoms with Crippen molar-refractivity contribution in [3.63, 3.8) is 0 Å². The molecule has 2 aliphatic heterocycles. The Kier molecular flexibility index (Phi) is 4.99. The minimum absolute atomic E-state index is 0.311. The largest absolute Gasteiger partial charge is 0.573 e. The van der Waals surface area contributed by atoms with Gasteiger partial charge in [-0.2, -0.15) is 0 Å². The molecule has 0 spiro atoms. The molecular weight excluding hydrogens is 433 g/mol.